The fourth-order valence-electron chi connectivity index (χ4n) is 2.40. The molecule has 0 fully saturated rings. The van der Waals surface area contributed by atoms with Crippen molar-refractivity contribution in [2.24, 2.45) is 0 Å². The fourth-order valence-corrected chi connectivity index (χ4v) is 2.40. The summed E-state index contributed by atoms with van der Waals surface area (Å²) in [5.41, 5.74) is 2.54. The van der Waals surface area contributed by atoms with Crippen LogP contribution in [0.2, 0.25) is 0 Å². The van der Waals surface area contributed by atoms with Crippen molar-refractivity contribution in [1.29, 1.82) is 0 Å². The van der Waals surface area contributed by atoms with Crippen molar-refractivity contribution in [2.45, 2.75) is 26.2 Å². The number of nitrogens with zero attached hydrogens (tertiary/aromatic N) is 1. The van der Waals surface area contributed by atoms with Gasteiger partial charge in [0.1, 0.15) is 5.41 Å². The van der Waals surface area contributed by atoms with E-state index in [4.69, 9.17) is 4.74 Å². The molecule has 2 aromatic rings. The van der Waals surface area contributed by atoms with Crippen LogP contribution >= 0.6 is 0 Å². The van der Waals surface area contributed by atoms with Gasteiger partial charge in [0.2, 0.25) is 0 Å². The SMILES string of the molecule is COC(=O)C(C)(C)c1c(C)cc2ccccn12. The molecule has 90 valence electrons. The van der Waals surface area contributed by atoms with Crippen LogP contribution in [-0.2, 0) is 14.9 Å². The monoisotopic (exact) mass is 231 g/mol. The van der Waals surface area contributed by atoms with Gasteiger partial charge in [0.25, 0.3) is 0 Å². The Balaban J connectivity index is 2.70. The Morgan fingerprint density at radius 3 is 2.71 bits per heavy atom. The molecule has 0 saturated carbocycles. The van der Waals surface area contributed by atoms with E-state index in [1.54, 1.807) is 0 Å². The third kappa shape index (κ3) is 1.71. The average Bonchev–Trinajstić information content (AvgIpc) is 2.64. The highest BCUT2D eigenvalue weighted by atomic mass is 16.5. The van der Waals surface area contributed by atoms with Crippen molar-refractivity contribution < 1.29 is 9.53 Å². The van der Waals surface area contributed by atoms with Crippen LogP contribution in [-0.4, -0.2) is 17.5 Å². The molecule has 0 saturated heterocycles. The second-order valence-corrected chi connectivity index (χ2v) is 4.79. The minimum atomic E-state index is -0.646. The number of pyridine rings is 1. The molecule has 0 aliphatic rings. The average molecular weight is 231 g/mol. The van der Waals surface area contributed by atoms with Crippen molar-refractivity contribution in [3.63, 3.8) is 0 Å². The Hall–Kier alpha value is -1.77. The number of ether oxygens (including phenoxy) is 1. The maximum Gasteiger partial charge on any atom is 0.317 e. The van der Waals surface area contributed by atoms with Crippen LogP contribution in [0.25, 0.3) is 5.52 Å². The van der Waals surface area contributed by atoms with Gasteiger partial charge in [0.15, 0.2) is 0 Å². The Morgan fingerprint density at radius 2 is 2.06 bits per heavy atom. The number of rotatable bonds is 2. The van der Waals surface area contributed by atoms with Crippen LogP contribution in [0.3, 0.4) is 0 Å². The van der Waals surface area contributed by atoms with E-state index in [0.717, 1.165) is 16.8 Å². The van der Waals surface area contributed by atoms with Crippen molar-refractivity contribution in [3.05, 3.63) is 41.7 Å². The minimum Gasteiger partial charge on any atom is -0.468 e. The number of methoxy groups -OCH3 is 1. The standard InChI is InChI=1S/C14H17NO2/c1-10-9-11-7-5-6-8-15(11)12(10)14(2,3)13(16)17-4/h5-9H,1-4H3. The molecule has 17 heavy (non-hydrogen) atoms. The van der Waals surface area contributed by atoms with Gasteiger partial charge >= 0.3 is 5.97 Å². The molecule has 0 aliphatic carbocycles. The zero-order chi connectivity index (χ0) is 12.6. The largest absolute Gasteiger partial charge is 0.468 e. The molecule has 3 heteroatoms. The van der Waals surface area contributed by atoms with Crippen LogP contribution in [0.1, 0.15) is 25.1 Å². The third-order valence-electron chi connectivity index (χ3n) is 3.16. The second kappa shape index (κ2) is 3.91. The molecule has 0 atom stereocenters. The first-order valence-corrected chi connectivity index (χ1v) is 5.64. The van der Waals surface area contributed by atoms with Gasteiger partial charge in [-0.05, 0) is 44.5 Å². The summed E-state index contributed by atoms with van der Waals surface area (Å²) in [6, 6.07) is 8.07. The first-order chi connectivity index (χ1) is 7.98. The number of hydrogen-bond donors (Lipinski definition) is 0. The predicted molar refractivity (Wildman–Crippen MR) is 67.2 cm³/mol. The van der Waals surface area contributed by atoms with Crippen LogP contribution < -0.4 is 0 Å². The lowest BCUT2D eigenvalue weighted by molar-refractivity contribution is -0.146. The van der Waals surface area contributed by atoms with Crippen molar-refractivity contribution in [1.82, 2.24) is 4.40 Å². The van der Waals surface area contributed by atoms with Gasteiger partial charge in [0.05, 0.1) is 7.11 Å². The van der Waals surface area contributed by atoms with E-state index >= 15 is 0 Å². The lowest BCUT2D eigenvalue weighted by atomic mass is 9.87. The fraction of sp³-hybridized carbons (Fsp3) is 0.357. The van der Waals surface area contributed by atoms with Gasteiger partial charge in [-0.1, -0.05) is 6.07 Å². The zero-order valence-corrected chi connectivity index (χ0v) is 10.7. The number of carbonyl (C=O) groups is 1. The highest BCUT2D eigenvalue weighted by Gasteiger charge is 2.34. The first-order valence-electron chi connectivity index (χ1n) is 5.64. The quantitative estimate of drug-likeness (QED) is 0.744. The van der Waals surface area contributed by atoms with Gasteiger partial charge in [0, 0.05) is 17.4 Å². The number of aryl methyl sites for hydroxylation is 1. The first kappa shape index (κ1) is 11.7. The lowest BCUT2D eigenvalue weighted by Crippen LogP contribution is -2.32. The maximum absolute atomic E-state index is 11.9. The van der Waals surface area contributed by atoms with Gasteiger partial charge in [-0.3, -0.25) is 4.79 Å². The van der Waals surface area contributed by atoms with Gasteiger partial charge in [-0.15, -0.1) is 0 Å². The van der Waals surface area contributed by atoms with Crippen LogP contribution in [0.4, 0.5) is 0 Å². The van der Waals surface area contributed by atoms with E-state index in [1.165, 1.54) is 7.11 Å². The minimum absolute atomic E-state index is 0.218. The lowest BCUT2D eigenvalue weighted by Gasteiger charge is -2.23. The third-order valence-corrected chi connectivity index (χ3v) is 3.16. The predicted octanol–water partition coefficient (Wildman–Crippen LogP) is 2.70. The van der Waals surface area contributed by atoms with Crippen LogP contribution in [0, 0.1) is 6.92 Å². The zero-order valence-electron chi connectivity index (χ0n) is 10.7. The van der Waals surface area contributed by atoms with Crippen molar-refractivity contribution in [3.8, 4) is 0 Å². The Labute approximate surface area is 101 Å². The summed E-state index contributed by atoms with van der Waals surface area (Å²) in [7, 11) is 1.43. The van der Waals surface area contributed by atoms with E-state index in [9.17, 15) is 4.79 Å². The summed E-state index contributed by atoms with van der Waals surface area (Å²) in [6.45, 7) is 5.80. The van der Waals surface area contributed by atoms with Gasteiger partial charge < -0.3 is 9.14 Å². The van der Waals surface area contributed by atoms with E-state index in [-0.39, 0.29) is 5.97 Å². The summed E-state index contributed by atoms with van der Waals surface area (Å²) >= 11 is 0. The molecule has 0 aliphatic heterocycles. The number of aromatic nitrogens is 1. The Bertz CT molecular complexity index is 567. The smallest absolute Gasteiger partial charge is 0.317 e. The van der Waals surface area contributed by atoms with E-state index < -0.39 is 5.41 Å². The molecule has 2 heterocycles. The summed E-state index contributed by atoms with van der Waals surface area (Å²) < 4.78 is 6.94. The van der Waals surface area contributed by atoms with E-state index in [2.05, 4.69) is 6.07 Å². The molecule has 2 rings (SSSR count). The van der Waals surface area contributed by atoms with Crippen LogP contribution in [0.15, 0.2) is 30.5 Å². The number of esters is 1. The molecular formula is C14H17NO2. The van der Waals surface area contributed by atoms with E-state index in [1.807, 2.05) is 49.6 Å². The summed E-state index contributed by atoms with van der Waals surface area (Å²) in [6.07, 6.45) is 1.97. The highest BCUT2D eigenvalue weighted by molar-refractivity contribution is 5.82. The topological polar surface area (TPSA) is 30.7 Å². The summed E-state index contributed by atoms with van der Waals surface area (Å²) in [4.78, 5) is 11.9. The molecule has 0 radical (unpaired) electrons. The second-order valence-electron chi connectivity index (χ2n) is 4.79. The molecule has 3 nitrogen and oxygen atoms in total. The van der Waals surface area contributed by atoms with Crippen molar-refractivity contribution >= 4 is 11.5 Å². The molecule has 0 aromatic carbocycles. The Morgan fingerprint density at radius 1 is 1.35 bits per heavy atom. The normalized spacial score (nSPS) is 11.8. The Kier molecular flexibility index (Phi) is 2.69. The van der Waals surface area contributed by atoms with Gasteiger partial charge in [-0.25, -0.2) is 0 Å². The highest BCUT2D eigenvalue weighted by Crippen LogP contribution is 2.30. The van der Waals surface area contributed by atoms with Crippen molar-refractivity contribution in [2.75, 3.05) is 7.11 Å². The molecule has 2 aromatic heterocycles. The van der Waals surface area contributed by atoms with Gasteiger partial charge in [-0.2, -0.15) is 0 Å². The summed E-state index contributed by atoms with van der Waals surface area (Å²) in [5.74, 6) is -0.218. The molecule has 0 N–H and O–H groups in total. The summed E-state index contributed by atoms with van der Waals surface area (Å²) in [5, 5.41) is 0. The molecule has 0 amide bonds. The number of carbonyl (C=O) groups excluding carboxylic acids is 1. The number of fused-ring (bicyclic) bond motifs is 1. The molecular weight excluding hydrogens is 214 g/mol. The molecule has 0 spiro atoms. The van der Waals surface area contributed by atoms with E-state index in [0.29, 0.717) is 0 Å². The maximum atomic E-state index is 11.9. The molecule has 0 bridgehead atoms. The van der Waals surface area contributed by atoms with Crippen LogP contribution in [0.5, 0.6) is 0 Å². The number of hydrogen-bond acceptors (Lipinski definition) is 2. The molecule has 0 unspecified atom stereocenters.